The van der Waals surface area contributed by atoms with Crippen LogP contribution in [-0.2, 0) is 20.1 Å². The average Bonchev–Trinajstić information content (AvgIpc) is 3.68. The number of hydrogen-bond acceptors (Lipinski definition) is 9. The molecular formula is C27H31N9O3. The highest BCUT2D eigenvalue weighted by Crippen LogP contribution is 2.37. The summed E-state index contributed by atoms with van der Waals surface area (Å²) in [5, 5.41) is 36.7. The third-order valence-corrected chi connectivity index (χ3v) is 7.57. The second-order valence-electron chi connectivity index (χ2n) is 10.0. The monoisotopic (exact) mass is 529 g/mol. The van der Waals surface area contributed by atoms with Crippen molar-refractivity contribution in [1.29, 1.82) is 5.26 Å². The van der Waals surface area contributed by atoms with Crippen molar-refractivity contribution in [3.05, 3.63) is 34.9 Å². The number of nitriles is 1. The molecule has 1 saturated heterocycles. The molecule has 2 aliphatic heterocycles. The lowest BCUT2D eigenvalue weighted by Crippen LogP contribution is -2.41. The lowest BCUT2D eigenvalue weighted by molar-refractivity contribution is 0.0920. The molecule has 0 spiro atoms. The van der Waals surface area contributed by atoms with Crippen molar-refractivity contribution in [1.82, 2.24) is 39.6 Å². The number of aliphatic hydroxyl groups is 1. The molecule has 2 aliphatic rings. The van der Waals surface area contributed by atoms with E-state index in [0.29, 0.717) is 24.8 Å². The summed E-state index contributed by atoms with van der Waals surface area (Å²) in [4.78, 5) is 7.12. The van der Waals surface area contributed by atoms with E-state index in [-0.39, 0.29) is 25.4 Å². The van der Waals surface area contributed by atoms with Gasteiger partial charge < -0.3 is 14.6 Å². The van der Waals surface area contributed by atoms with Gasteiger partial charge in [-0.25, -0.2) is 4.68 Å². The number of aromatic nitrogens is 7. The molecule has 2 N–H and O–H groups in total. The number of aryl methyl sites for hydroxylation is 2. The number of ether oxygens (including phenoxy) is 2. The van der Waals surface area contributed by atoms with Gasteiger partial charge in [-0.05, 0) is 51.5 Å². The van der Waals surface area contributed by atoms with Crippen LogP contribution in [0.15, 0.2) is 12.3 Å². The number of rotatable bonds is 4. The highest BCUT2D eigenvalue weighted by molar-refractivity contribution is 5.92. The number of pyridine rings is 1. The van der Waals surface area contributed by atoms with Crippen molar-refractivity contribution >= 4 is 23.1 Å². The molecule has 12 heteroatoms. The van der Waals surface area contributed by atoms with Crippen LogP contribution in [-0.4, -0.2) is 76.7 Å². The fourth-order valence-corrected chi connectivity index (χ4v) is 5.76. The summed E-state index contributed by atoms with van der Waals surface area (Å²) in [6.07, 6.45) is 7.54. The van der Waals surface area contributed by atoms with Crippen LogP contribution in [0.2, 0.25) is 0 Å². The van der Waals surface area contributed by atoms with Gasteiger partial charge in [-0.1, -0.05) is 0 Å². The number of nitrogens with one attached hydrogen (secondary N) is 1. The summed E-state index contributed by atoms with van der Waals surface area (Å²) in [7, 11) is 1.90. The molecule has 2 atom stereocenters. The maximum atomic E-state index is 9.78. The van der Waals surface area contributed by atoms with Crippen molar-refractivity contribution < 1.29 is 14.6 Å². The Kier molecular flexibility index (Phi) is 6.54. The summed E-state index contributed by atoms with van der Waals surface area (Å²) in [5.41, 5.74) is 5.68. The molecule has 6 rings (SSSR count). The minimum Gasteiger partial charge on any atom is -0.473 e. The first kappa shape index (κ1) is 25.1. The number of H-pyrrole nitrogens is 1. The molecule has 12 nitrogen and oxygen atoms in total. The molecule has 1 unspecified atom stereocenters. The Morgan fingerprint density at radius 1 is 1.31 bits per heavy atom. The highest BCUT2D eigenvalue weighted by atomic mass is 16.5. The molecular weight excluding hydrogens is 498 g/mol. The number of aliphatic hydroxyl groups excluding tert-OH is 1. The highest BCUT2D eigenvalue weighted by Gasteiger charge is 2.34. The first-order valence-electron chi connectivity index (χ1n) is 13.2. The van der Waals surface area contributed by atoms with E-state index in [1.807, 2.05) is 38.3 Å². The van der Waals surface area contributed by atoms with E-state index < -0.39 is 0 Å². The van der Waals surface area contributed by atoms with E-state index in [9.17, 15) is 5.11 Å². The van der Waals surface area contributed by atoms with Gasteiger partial charge in [0.1, 0.15) is 12.2 Å². The van der Waals surface area contributed by atoms with Gasteiger partial charge >= 0.3 is 0 Å². The number of hydrogen-bond donors (Lipinski definition) is 2. The fraction of sp³-hybridized carbons (Fsp3) is 0.444. The van der Waals surface area contributed by atoms with Crippen molar-refractivity contribution in [2.45, 2.75) is 51.9 Å². The average molecular weight is 530 g/mol. The lowest BCUT2D eigenvalue weighted by Gasteiger charge is -2.30. The topological polar surface area (TPSA) is 143 Å². The zero-order valence-electron chi connectivity index (χ0n) is 22.3. The Balaban J connectivity index is 1.56. The molecule has 0 aliphatic carbocycles. The first-order valence-corrected chi connectivity index (χ1v) is 13.2. The maximum Gasteiger partial charge on any atom is 0.241 e. The molecule has 0 radical (unpaired) electrons. The normalized spacial score (nSPS) is 20.0. The van der Waals surface area contributed by atoms with Crippen LogP contribution in [0.4, 0.5) is 0 Å². The Labute approximate surface area is 225 Å². The summed E-state index contributed by atoms with van der Waals surface area (Å²) in [5.74, 6) is 1.05. The van der Waals surface area contributed by atoms with Crippen molar-refractivity contribution in [2.24, 2.45) is 7.05 Å². The SMILES string of the molecule is Cc1nn(C)c2c1-c1cc3c(n[nH]c3cn1)/C=C/c1c(OCC#N)nn(CCO)c1CN1CCC[C@@H]1C(C)O2. The summed E-state index contributed by atoms with van der Waals surface area (Å²) in [6.45, 7) is 5.68. The standard InChI is InChI=1S/C27H31N9O3/c1-16-25-21-13-19-20(30-31-22(19)14-29-21)7-6-18-24(36(10-11-37)33-26(18)38-12-8-28)15-35-9-4-5-23(35)17(2)39-27(25)34(3)32-16/h6-7,13-14,17,23,37H,4-5,9-12,15H2,1-3H3,(H,30,31)/b7-6+/t17?,23-/m1/s1. The predicted molar refractivity (Wildman–Crippen MR) is 144 cm³/mol. The van der Waals surface area contributed by atoms with Gasteiger partial charge in [-0.3, -0.25) is 19.7 Å². The molecule has 6 heterocycles. The second-order valence-corrected chi connectivity index (χ2v) is 10.0. The Morgan fingerprint density at radius 2 is 2.18 bits per heavy atom. The number of fused-ring (bicyclic) bond motifs is 5. The van der Waals surface area contributed by atoms with Gasteiger partial charge in [0.15, 0.2) is 6.61 Å². The predicted octanol–water partition coefficient (Wildman–Crippen LogP) is 2.67. The van der Waals surface area contributed by atoms with E-state index in [4.69, 9.17) is 19.7 Å². The van der Waals surface area contributed by atoms with Gasteiger partial charge in [0, 0.05) is 25.0 Å². The third-order valence-electron chi connectivity index (χ3n) is 7.57. The van der Waals surface area contributed by atoms with Crippen molar-refractivity contribution in [3.8, 4) is 29.1 Å². The summed E-state index contributed by atoms with van der Waals surface area (Å²) >= 11 is 0. The third kappa shape index (κ3) is 4.43. The molecule has 2 bridgehead atoms. The molecule has 0 aromatic carbocycles. The van der Waals surface area contributed by atoms with E-state index in [0.717, 1.165) is 64.2 Å². The molecule has 1 fully saturated rings. The lowest BCUT2D eigenvalue weighted by atomic mass is 10.1. The van der Waals surface area contributed by atoms with Gasteiger partial charge in [0.2, 0.25) is 11.8 Å². The van der Waals surface area contributed by atoms with Gasteiger partial charge in [0.05, 0.1) is 58.8 Å². The summed E-state index contributed by atoms with van der Waals surface area (Å²) in [6, 6.07) is 4.19. The van der Waals surface area contributed by atoms with Crippen LogP contribution in [0.25, 0.3) is 34.3 Å². The van der Waals surface area contributed by atoms with Crippen molar-refractivity contribution in [3.63, 3.8) is 0 Å². The van der Waals surface area contributed by atoms with Crippen LogP contribution in [0.3, 0.4) is 0 Å². The fourth-order valence-electron chi connectivity index (χ4n) is 5.76. The largest absolute Gasteiger partial charge is 0.473 e. The summed E-state index contributed by atoms with van der Waals surface area (Å²) < 4.78 is 16.0. The van der Waals surface area contributed by atoms with E-state index in [1.165, 1.54) is 0 Å². The van der Waals surface area contributed by atoms with E-state index in [1.54, 1.807) is 15.6 Å². The zero-order valence-corrected chi connectivity index (χ0v) is 22.3. The van der Waals surface area contributed by atoms with Crippen LogP contribution in [0.1, 0.15) is 42.4 Å². The number of nitrogens with zero attached hydrogens (tertiary/aromatic N) is 8. The quantitative estimate of drug-likeness (QED) is 0.408. The Bertz CT molecular complexity index is 1590. The van der Waals surface area contributed by atoms with Crippen LogP contribution < -0.4 is 9.47 Å². The zero-order chi connectivity index (χ0) is 27.1. The van der Waals surface area contributed by atoms with Gasteiger partial charge in [-0.2, -0.15) is 15.5 Å². The van der Waals surface area contributed by atoms with Gasteiger partial charge in [0.25, 0.3) is 0 Å². The van der Waals surface area contributed by atoms with Gasteiger partial charge in [-0.15, -0.1) is 5.10 Å². The second kappa shape index (κ2) is 10.2. The molecule has 4 aromatic heterocycles. The van der Waals surface area contributed by atoms with Crippen LogP contribution in [0, 0.1) is 18.3 Å². The first-order chi connectivity index (χ1) is 19.0. The molecule has 0 amide bonds. The molecule has 4 aromatic rings. The minimum absolute atomic E-state index is 0.0686. The Morgan fingerprint density at radius 3 is 3.00 bits per heavy atom. The Hall–Kier alpha value is -4.21. The maximum absolute atomic E-state index is 9.78. The molecule has 202 valence electrons. The molecule has 39 heavy (non-hydrogen) atoms. The van der Waals surface area contributed by atoms with E-state index in [2.05, 4.69) is 32.2 Å². The van der Waals surface area contributed by atoms with Crippen molar-refractivity contribution in [2.75, 3.05) is 19.8 Å². The van der Waals surface area contributed by atoms with Crippen LogP contribution in [0.5, 0.6) is 11.8 Å². The molecule has 0 saturated carbocycles. The minimum atomic E-state index is -0.125. The van der Waals surface area contributed by atoms with Crippen LogP contribution >= 0.6 is 0 Å². The van der Waals surface area contributed by atoms with E-state index >= 15 is 0 Å². The number of aromatic amines is 1. The smallest absolute Gasteiger partial charge is 0.241 e.